The Morgan fingerprint density at radius 2 is 1.61 bits per heavy atom. The second kappa shape index (κ2) is 10.5. The minimum Gasteiger partial charge on any atom is -0.496 e. The van der Waals surface area contributed by atoms with Crippen LogP contribution in [0.3, 0.4) is 0 Å². The molecule has 3 rings (SSSR count). The smallest absolute Gasteiger partial charge is 0.340 e. The van der Waals surface area contributed by atoms with Crippen molar-refractivity contribution in [3.05, 3.63) is 94.0 Å². The van der Waals surface area contributed by atoms with Crippen LogP contribution in [0.5, 0.6) is 5.75 Å². The van der Waals surface area contributed by atoms with Gasteiger partial charge in [0.25, 0.3) is 17.5 Å². The van der Waals surface area contributed by atoms with E-state index in [2.05, 4.69) is 10.6 Å². The van der Waals surface area contributed by atoms with Crippen molar-refractivity contribution in [1.29, 1.82) is 0 Å². The number of amides is 2. The number of rotatable bonds is 8. The topological polar surface area (TPSA) is 137 Å². The minimum absolute atomic E-state index is 0.0463. The number of para-hydroxylation sites is 1. The van der Waals surface area contributed by atoms with Gasteiger partial charge in [-0.2, -0.15) is 0 Å². The van der Waals surface area contributed by atoms with Crippen molar-refractivity contribution in [3.8, 4) is 5.75 Å². The molecule has 33 heavy (non-hydrogen) atoms. The summed E-state index contributed by atoms with van der Waals surface area (Å²) in [6, 6.07) is 18.5. The summed E-state index contributed by atoms with van der Waals surface area (Å²) in [4.78, 5) is 47.7. The quantitative estimate of drug-likeness (QED) is 0.304. The van der Waals surface area contributed by atoms with Crippen LogP contribution in [0.1, 0.15) is 20.7 Å². The van der Waals surface area contributed by atoms with Crippen molar-refractivity contribution in [3.63, 3.8) is 0 Å². The Morgan fingerprint density at radius 3 is 2.30 bits per heavy atom. The van der Waals surface area contributed by atoms with Gasteiger partial charge in [-0.1, -0.05) is 30.3 Å². The van der Waals surface area contributed by atoms with E-state index in [1.54, 1.807) is 42.5 Å². The number of hydrogen-bond acceptors (Lipinski definition) is 7. The van der Waals surface area contributed by atoms with Gasteiger partial charge in [-0.05, 0) is 36.4 Å². The zero-order chi connectivity index (χ0) is 23.8. The first kappa shape index (κ1) is 22.9. The molecule has 2 N–H and O–H groups in total. The fraction of sp³-hybridized carbons (Fsp3) is 0.0870. The molecule has 0 unspecified atom stereocenters. The lowest BCUT2D eigenvalue weighted by atomic mass is 10.1. The Labute approximate surface area is 188 Å². The van der Waals surface area contributed by atoms with Crippen LogP contribution in [0.2, 0.25) is 0 Å². The summed E-state index contributed by atoms with van der Waals surface area (Å²) in [5.41, 5.74) is 0.217. The molecular formula is C23H19N3O7. The summed E-state index contributed by atoms with van der Waals surface area (Å²) in [7, 11) is 1.36. The van der Waals surface area contributed by atoms with Crippen LogP contribution >= 0.6 is 0 Å². The molecule has 2 amide bonds. The van der Waals surface area contributed by atoms with Crippen LogP contribution in [-0.4, -0.2) is 36.4 Å². The van der Waals surface area contributed by atoms with Crippen LogP contribution in [0.15, 0.2) is 72.8 Å². The third-order valence-corrected chi connectivity index (χ3v) is 4.44. The van der Waals surface area contributed by atoms with Crippen LogP contribution < -0.4 is 15.4 Å². The second-order valence-electron chi connectivity index (χ2n) is 6.63. The average molecular weight is 449 g/mol. The van der Waals surface area contributed by atoms with E-state index in [0.717, 1.165) is 6.07 Å². The standard InChI is InChI=1S/C23H19N3O7/c1-32-16-11-12-19(20(13-16)26(30)31)24-21(27)14-33-23(29)17-9-5-6-10-18(17)25-22(28)15-7-3-2-4-8-15/h2-13H,14H2,1H3,(H,24,27)(H,25,28). The largest absolute Gasteiger partial charge is 0.496 e. The molecule has 0 fully saturated rings. The average Bonchev–Trinajstić information content (AvgIpc) is 2.83. The molecule has 0 radical (unpaired) electrons. The van der Waals surface area contributed by atoms with E-state index in [0.29, 0.717) is 5.56 Å². The van der Waals surface area contributed by atoms with Gasteiger partial charge in [0.05, 0.1) is 29.4 Å². The van der Waals surface area contributed by atoms with E-state index in [4.69, 9.17) is 9.47 Å². The Kier molecular flexibility index (Phi) is 7.32. The highest BCUT2D eigenvalue weighted by Gasteiger charge is 2.20. The molecule has 0 aliphatic rings. The lowest BCUT2D eigenvalue weighted by molar-refractivity contribution is -0.384. The van der Waals surface area contributed by atoms with Crippen LogP contribution in [0, 0.1) is 10.1 Å². The number of esters is 1. The van der Waals surface area contributed by atoms with E-state index >= 15 is 0 Å². The Balaban J connectivity index is 1.65. The van der Waals surface area contributed by atoms with Gasteiger partial charge < -0.3 is 20.1 Å². The predicted molar refractivity (Wildman–Crippen MR) is 119 cm³/mol. The first-order chi connectivity index (χ1) is 15.9. The van der Waals surface area contributed by atoms with Gasteiger partial charge in [-0.25, -0.2) is 4.79 Å². The summed E-state index contributed by atoms with van der Waals surface area (Å²) in [5.74, 6) is -1.79. The number of nitrogens with zero attached hydrogens (tertiary/aromatic N) is 1. The molecule has 0 bridgehead atoms. The highest BCUT2D eigenvalue weighted by atomic mass is 16.6. The van der Waals surface area contributed by atoms with Crippen molar-refractivity contribution in [2.75, 3.05) is 24.4 Å². The predicted octanol–water partition coefficient (Wildman–Crippen LogP) is 3.65. The number of nitro groups is 1. The van der Waals surface area contributed by atoms with Gasteiger partial charge >= 0.3 is 5.97 Å². The summed E-state index contributed by atoms with van der Waals surface area (Å²) < 4.78 is 9.98. The molecule has 0 aromatic heterocycles. The zero-order valence-corrected chi connectivity index (χ0v) is 17.4. The number of carbonyl (C=O) groups excluding carboxylic acids is 3. The van der Waals surface area contributed by atoms with Crippen molar-refractivity contribution < 1.29 is 28.8 Å². The lowest BCUT2D eigenvalue weighted by Gasteiger charge is -2.11. The van der Waals surface area contributed by atoms with Gasteiger partial charge in [0.2, 0.25) is 0 Å². The summed E-state index contributed by atoms with van der Waals surface area (Å²) in [6.45, 7) is -0.691. The van der Waals surface area contributed by atoms with Crippen molar-refractivity contribution in [2.24, 2.45) is 0 Å². The lowest BCUT2D eigenvalue weighted by Crippen LogP contribution is -2.22. The van der Waals surface area contributed by atoms with Gasteiger partial charge in [0, 0.05) is 5.56 Å². The molecule has 0 saturated carbocycles. The maximum atomic E-state index is 12.5. The fourth-order valence-corrected chi connectivity index (χ4v) is 2.84. The zero-order valence-electron chi connectivity index (χ0n) is 17.4. The van der Waals surface area contributed by atoms with Crippen molar-refractivity contribution in [2.45, 2.75) is 0 Å². The summed E-state index contributed by atoms with van der Waals surface area (Å²) in [6.07, 6.45) is 0. The van der Waals surface area contributed by atoms with Crippen molar-refractivity contribution >= 4 is 34.8 Å². The Bertz CT molecular complexity index is 1200. The first-order valence-corrected chi connectivity index (χ1v) is 9.64. The van der Waals surface area contributed by atoms with Gasteiger partial charge in [0.1, 0.15) is 11.4 Å². The maximum Gasteiger partial charge on any atom is 0.340 e. The molecular weight excluding hydrogens is 430 g/mol. The van der Waals surface area contributed by atoms with Crippen LogP contribution in [0.4, 0.5) is 17.1 Å². The van der Waals surface area contributed by atoms with E-state index in [1.165, 1.54) is 31.4 Å². The molecule has 3 aromatic carbocycles. The molecule has 10 nitrogen and oxygen atoms in total. The number of nitro benzene ring substituents is 1. The van der Waals surface area contributed by atoms with E-state index in [1.807, 2.05) is 0 Å². The van der Waals surface area contributed by atoms with Crippen LogP contribution in [0.25, 0.3) is 0 Å². The number of benzene rings is 3. The molecule has 168 valence electrons. The van der Waals surface area contributed by atoms with Crippen LogP contribution in [-0.2, 0) is 9.53 Å². The highest BCUT2D eigenvalue weighted by Crippen LogP contribution is 2.29. The fourth-order valence-electron chi connectivity index (χ4n) is 2.84. The Hall–Kier alpha value is -4.73. The van der Waals surface area contributed by atoms with Gasteiger partial charge in [-0.15, -0.1) is 0 Å². The summed E-state index contributed by atoms with van der Waals surface area (Å²) >= 11 is 0. The van der Waals surface area contributed by atoms with Crippen molar-refractivity contribution in [1.82, 2.24) is 0 Å². The maximum absolute atomic E-state index is 12.5. The number of ether oxygens (including phenoxy) is 2. The highest BCUT2D eigenvalue weighted by molar-refractivity contribution is 6.08. The van der Waals surface area contributed by atoms with Gasteiger partial charge in [-0.3, -0.25) is 19.7 Å². The molecule has 0 aliphatic carbocycles. The normalized spacial score (nSPS) is 10.1. The van der Waals surface area contributed by atoms with Gasteiger partial charge in [0.15, 0.2) is 6.61 Å². The molecule has 0 heterocycles. The molecule has 0 aliphatic heterocycles. The van der Waals surface area contributed by atoms with E-state index in [9.17, 15) is 24.5 Å². The van der Waals surface area contributed by atoms with E-state index < -0.39 is 29.3 Å². The number of carbonyl (C=O) groups is 3. The second-order valence-corrected chi connectivity index (χ2v) is 6.63. The molecule has 0 saturated heterocycles. The third kappa shape index (κ3) is 5.91. The van der Waals surface area contributed by atoms with E-state index in [-0.39, 0.29) is 28.4 Å². The number of hydrogen-bond donors (Lipinski definition) is 2. The first-order valence-electron chi connectivity index (χ1n) is 9.64. The summed E-state index contributed by atoms with van der Waals surface area (Å²) in [5, 5.41) is 16.2. The number of methoxy groups -OCH3 is 1. The molecule has 0 atom stereocenters. The SMILES string of the molecule is COc1ccc(NC(=O)COC(=O)c2ccccc2NC(=O)c2ccccc2)c([N+](=O)[O-])c1. The molecule has 10 heteroatoms. The number of anilines is 2. The molecule has 3 aromatic rings. The minimum atomic E-state index is -0.849. The third-order valence-electron chi connectivity index (χ3n) is 4.44. The Morgan fingerprint density at radius 1 is 0.909 bits per heavy atom. The monoisotopic (exact) mass is 449 g/mol. The number of nitrogens with one attached hydrogen (secondary N) is 2. The molecule has 0 spiro atoms.